The summed E-state index contributed by atoms with van der Waals surface area (Å²) < 4.78 is 0. The van der Waals surface area contributed by atoms with Crippen LogP contribution >= 0.6 is 0 Å². The van der Waals surface area contributed by atoms with Crippen LogP contribution in [0.2, 0.25) is 0 Å². The Morgan fingerprint density at radius 1 is 1.05 bits per heavy atom. The lowest BCUT2D eigenvalue weighted by atomic mass is 9.92. The van der Waals surface area contributed by atoms with Crippen molar-refractivity contribution in [1.82, 2.24) is 5.32 Å². The molecule has 1 amide bonds. The zero-order valence-electron chi connectivity index (χ0n) is 11.6. The van der Waals surface area contributed by atoms with Crippen molar-refractivity contribution >= 4 is 5.91 Å². The van der Waals surface area contributed by atoms with Gasteiger partial charge < -0.3 is 11.1 Å². The van der Waals surface area contributed by atoms with Crippen molar-refractivity contribution in [2.75, 3.05) is 0 Å². The molecular weight excluding hydrogens is 248 g/mol. The third kappa shape index (κ3) is 3.68. The van der Waals surface area contributed by atoms with Crippen LogP contribution in [-0.2, 0) is 11.3 Å². The molecule has 0 radical (unpaired) electrons. The number of carbonyl (C=O) groups excluding carboxylic acids is 1. The molecule has 2 aromatic carbocycles. The normalized spacial score (nSPS) is 13.7. The molecule has 104 valence electrons. The maximum Gasteiger partial charge on any atom is 0.235 e. The molecular formula is C17H20N2O. The average Bonchev–Trinajstić information content (AvgIpc) is 2.49. The van der Waals surface area contributed by atoms with Gasteiger partial charge in [-0.25, -0.2) is 0 Å². The van der Waals surface area contributed by atoms with Gasteiger partial charge in [0, 0.05) is 12.5 Å². The van der Waals surface area contributed by atoms with Gasteiger partial charge in [-0.05, 0) is 11.1 Å². The molecule has 3 heteroatoms. The van der Waals surface area contributed by atoms with E-state index in [2.05, 4.69) is 5.32 Å². The van der Waals surface area contributed by atoms with Crippen molar-refractivity contribution in [1.29, 1.82) is 0 Å². The fourth-order valence-electron chi connectivity index (χ4n) is 2.30. The molecule has 3 nitrogen and oxygen atoms in total. The van der Waals surface area contributed by atoms with Crippen LogP contribution in [0, 0.1) is 0 Å². The van der Waals surface area contributed by atoms with Crippen LogP contribution in [-0.4, -0.2) is 11.9 Å². The first-order valence-corrected chi connectivity index (χ1v) is 6.80. The number of carbonyl (C=O) groups is 1. The first kappa shape index (κ1) is 14.3. The molecule has 0 saturated carbocycles. The van der Waals surface area contributed by atoms with Gasteiger partial charge in [0.15, 0.2) is 0 Å². The molecule has 0 aliphatic rings. The van der Waals surface area contributed by atoms with Gasteiger partial charge in [0.25, 0.3) is 0 Å². The second-order valence-electron chi connectivity index (χ2n) is 4.95. The molecule has 0 fully saturated rings. The highest BCUT2D eigenvalue weighted by Crippen LogP contribution is 2.19. The first-order valence-electron chi connectivity index (χ1n) is 6.80. The second-order valence-corrected chi connectivity index (χ2v) is 4.95. The molecule has 2 unspecified atom stereocenters. The van der Waals surface area contributed by atoms with Gasteiger partial charge in [-0.3, -0.25) is 4.79 Å². The summed E-state index contributed by atoms with van der Waals surface area (Å²) >= 11 is 0. The van der Waals surface area contributed by atoms with E-state index in [9.17, 15) is 4.79 Å². The lowest BCUT2D eigenvalue weighted by Crippen LogP contribution is -2.44. The van der Waals surface area contributed by atoms with E-state index in [-0.39, 0.29) is 17.9 Å². The Bertz CT molecular complexity index is 539. The Morgan fingerprint density at radius 3 is 2.15 bits per heavy atom. The number of rotatable bonds is 6. The number of benzene rings is 2. The summed E-state index contributed by atoms with van der Waals surface area (Å²) in [4.78, 5) is 11.7. The highest BCUT2D eigenvalue weighted by atomic mass is 16.1. The minimum Gasteiger partial charge on any atom is -0.368 e. The van der Waals surface area contributed by atoms with Crippen LogP contribution in [0.1, 0.15) is 24.0 Å². The third-order valence-corrected chi connectivity index (χ3v) is 3.50. The number of primary amides is 1. The standard InChI is InChI=1S/C17H20N2O/c1-13(15-10-6-3-7-11-15)16(17(18)20)19-12-14-8-4-2-5-9-14/h2-11,13,16,19H,12H2,1H3,(H2,18,20). The Balaban J connectivity index is 2.06. The molecule has 0 bridgehead atoms. The average molecular weight is 268 g/mol. The predicted molar refractivity (Wildman–Crippen MR) is 81.1 cm³/mol. The van der Waals surface area contributed by atoms with Crippen LogP contribution in [0.25, 0.3) is 0 Å². The maximum atomic E-state index is 11.7. The fourth-order valence-corrected chi connectivity index (χ4v) is 2.30. The van der Waals surface area contributed by atoms with Gasteiger partial charge in [-0.2, -0.15) is 0 Å². The summed E-state index contributed by atoms with van der Waals surface area (Å²) in [5, 5.41) is 3.26. The van der Waals surface area contributed by atoms with E-state index >= 15 is 0 Å². The molecule has 2 rings (SSSR count). The van der Waals surface area contributed by atoms with Crippen molar-refractivity contribution in [3.8, 4) is 0 Å². The molecule has 2 atom stereocenters. The molecule has 2 aromatic rings. The van der Waals surface area contributed by atoms with Crippen molar-refractivity contribution in [2.24, 2.45) is 5.73 Å². The van der Waals surface area contributed by atoms with E-state index < -0.39 is 0 Å². The quantitative estimate of drug-likeness (QED) is 0.845. The van der Waals surface area contributed by atoms with Gasteiger partial charge in [0.2, 0.25) is 5.91 Å². The van der Waals surface area contributed by atoms with Gasteiger partial charge in [-0.15, -0.1) is 0 Å². The highest BCUT2D eigenvalue weighted by molar-refractivity contribution is 5.81. The van der Waals surface area contributed by atoms with Gasteiger partial charge in [0.05, 0.1) is 6.04 Å². The van der Waals surface area contributed by atoms with E-state index in [4.69, 9.17) is 5.73 Å². The highest BCUT2D eigenvalue weighted by Gasteiger charge is 2.23. The molecule has 20 heavy (non-hydrogen) atoms. The summed E-state index contributed by atoms with van der Waals surface area (Å²) in [6, 6.07) is 19.6. The van der Waals surface area contributed by atoms with E-state index in [0.717, 1.165) is 11.1 Å². The zero-order valence-corrected chi connectivity index (χ0v) is 11.6. The Labute approximate surface area is 119 Å². The van der Waals surface area contributed by atoms with E-state index in [1.54, 1.807) is 0 Å². The summed E-state index contributed by atoms with van der Waals surface area (Å²) in [5.41, 5.74) is 7.78. The maximum absolute atomic E-state index is 11.7. The molecule has 3 N–H and O–H groups in total. The summed E-state index contributed by atoms with van der Waals surface area (Å²) in [7, 11) is 0. The number of amides is 1. The number of nitrogens with two attached hydrogens (primary N) is 1. The molecule has 0 heterocycles. The Hall–Kier alpha value is -2.13. The number of nitrogens with one attached hydrogen (secondary N) is 1. The minimum atomic E-state index is -0.377. The largest absolute Gasteiger partial charge is 0.368 e. The van der Waals surface area contributed by atoms with Gasteiger partial charge in [-0.1, -0.05) is 67.6 Å². The summed E-state index contributed by atoms with van der Waals surface area (Å²) in [5.74, 6) is -0.283. The zero-order chi connectivity index (χ0) is 14.4. The van der Waals surface area contributed by atoms with E-state index in [0.29, 0.717) is 6.54 Å². The van der Waals surface area contributed by atoms with Crippen LogP contribution in [0.3, 0.4) is 0 Å². The lowest BCUT2D eigenvalue weighted by Gasteiger charge is -2.23. The van der Waals surface area contributed by atoms with Crippen LogP contribution in [0.5, 0.6) is 0 Å². The first-order chi connectivity index (χ1) is 9.68. The van der Waals surface area contributed by atoms with Crippen molar-refractivity contribution in [2.45, 2.75) is 25.4 Å². The Morgan fingerprint density at radius 2 is 1.60 bits per heavy atom. The second kappa shape index (κ2) is 6.87. The van der Waals surface area contributed by atoms with Gasteiger partial charge >= 0.3 is 0 Å². The van der Waals surface area contributed by atoms with E-state index in [1.165, 1.54) is 0 Å². The lowest BCUT2D eigenvalue weighted by molar-refractivity contribution is -0.120. The van der Waals surface area contributed by atoms with Crippen molar-refractivity contribution in [3.05, 3.63) is 71.8 Å². The van der Waals surface area contributed by atoms with Crippen molar-refractivity contribution < 1.29 is 4.79 Å². The summed E-state index contributed by atoms with van der Waals surface area (Å²) in [6.45, 7) is 2.65. The van der Waals surface area contributed by atoms with Gasteiger partial charge in [0.1, 0.15) is 0 Å². The van der Waals surface area contributed by atoms with Crippen molar-refractivity contribution in [3.63, 3.8) is 0 Å². The predicted octanol–water partition coefficient (Wildman–Crippen LogP) is 2.43. The van der Waals surface area contributed by atoms with Crippen LogP contribution in [0.15, 0.2) is 60.7 Å². The van der Waals surface area contributed by atoms with Crippen LogP contribution in [0.4, 0.5) is 0 Å². The molecule has 0 aliphatic carbocycles. The van der Waals surface area contributed by atoms with Crippen LogP contribution < -0.4 is 11.1 Å². The minimum absolute atomic E-state index is 0.0393. The smallest absolute Gasteiger partial charge is 0.235 e. The number of hydrogen-bond acceptors (Lipinski definition) is 2. The molecule has 0 aliphatic heterocycles. The number of hydrogen-bond donors (Lipinski definition) is 2. The summed E-state index contributed by atoms with van der Waals surface area (Å²) in [6.07, 6.45) is 0. The van der Waals surface area contributed by atoms with E-state index in [1.807, 2.05) is 67.6 Å². The Kier molecular flexibility index (Phi) is 4.91. The molecule has 0 spiro atoms. The SMILES string of the molecule is CC(c1ccccc1)C(NCc1ccccc1)C(N)=O. The molecule has 0 saturated heterocycles. The third-order valence-electron chi connectivity index (χ3n) is 3.50. The fraction of sp³-hybridized carbons (Fsp3) is 0.235. The monoisotopic (exact) mass is 268 g/mol. The topological polar surface area (TPSA) is 55.1 Å². The molecule has 0 aromatic heterocycles.